The number of thiocarbonyl (C=S) groups is 1. The van der Waals surface area contributed by atoms with E-state index in [4.69, 9.17) is 17.0 Å². The second-order valence-electron chi connectivity index (χ2n) is 6.72. The monoisotopic (exact) mass is 387 g/mol. The number of ether oxygens (including phenoxy) is 1. The number of nitrogens with one attached hydrogen (secondary N) is 1. The number of piperazine rings is 1. The molecule has 144 valence electrons. The van der Waals surface area contributed by atoms with Crippen molar-refractivity contribution in [3.63, 3.8) is 0 Å². The molecule has 0 amide bonds. The molecule has 0 unspecified atom stereocenters. The van der Waals surface area contributed by atoms with Crippen molar-refractivity contribution in [1.82, 2.24) is 9.80 Å². The molecule has 0 atom stereocenters. The molecule has 27 heavy (non-hydrogen) atoms. The van der Waals surface area contributed by atoms with Crippen molar-refractivity contribution >= 4 is 23.0 Å². The molecule has 1 saturated heterocycles. The minimum atomic E-state index is -0.312. The number of methoxy groups -OCH3 is 1. The fourth-order valence-corrected chi connectivity index (χ4v) is 3.55. The summed E-state index contributed by atoms with van der Waals surface area (Å²) in [6.07, 6.45) is 1.01. The normalized spacial score (nSPS) is 14.9. The van der Waals surface area contributed by atoms with Gasteiger partial charge >= 0.3 is 0 Å². The van der Waals surface area contributed by atoms with Gasteiger partial charge in [0.2, 0.25) is 0 Å². The predicted molar refractivity (Wildman–Crippen MR) is 112 cm³/mol. The van der Waals surface area contributed by atoms with E-state index in [1.54, 1.807) is 12.1 Å². The third kappa shape index (κ3) is 5.17. The van der Waals surface area contributed by atoms with Crippen molar-refractivity contribution in [2.45, 2.75) is 19.9 Å². The van der Waals surface area contributed by atoms with Crippen LogP contribution in [0, 0.1) is 5.82 Å². The lowest BCUT2D eigenvalue weighted by Gasteiger charge is -2.36. The standard InChI is InChI=1S/C21H26FN3OS/c1-3-16-5-4-6-18(13-16)23-21(27)25-11-9-24(10-12-25)15-17-7-8-20(26-2)19(22)14-17/h4-8,13-14H,3,9-12,15H2,1-2H3,(H,23,27). The molecule has 2 aromatic carbocycles. The number of halogens is 1. The van der Waals surface area contributed by atoms with E-state index in [1.165, 1.54) is 12.7 Å². The molecular weight excluding hydrogens is 361 g/mol. The number of benzene rings is 2. The molecule has 1 heterocycles. The van der Waals surface area contributed by atoms with E-state index in [0.717, 1.165) is 55.5 Å². The molecule has 0 bridgehead atoms. The van der Waals surface area contributed by atoms with E-state index in [9.17, 15) is 4.39 Å². The Morgan fingerprint density at radius 3 is 2.56 bits per heavy atom. The first kappa shape index (κ1) is 19.6. The van der Waals surface area contributed by atoms with E-state index in [2.05, 4.69) is 40.2 Å². The maximum Gasteiger partial charge on any atom is 0.173 e. The lowest BCUT2D eigenvalue weighted by molar-refractivity contribution is 0.176. The van der Waals surface area contributed by atoms with Crippen LogP contribution in [0.3, 0.4) is 0 Å². The van der Waals surface area contributed by atoms with Crippen molar-refractivity contribution in [2.24, 2.45) is 0 Å². The minimum absolute atomic E-state index is 0.284. The van der Waals surface area contributed by atoms with Crippen LogP contribution in [0.1, 0.15) is 18.1 Å². The number of rotatable bonds is 5. The molecule has 1 aliphatic rings. The Kier molecular flexibility index (Phi) is 6.63. The van der Waals surface area contributed by atoms with Gasteiger partial charge in [0.15, 0.2) is 16.7 Å². The van der Waals surface area contributed by atoms with Crippen LogP contribution in [0.25, 0.3) is 0 Å². The average Bonchev–Trinajstić information content (AvgIpc) is 2.69. The average molecular weight is 388 g/mol. The molecule has 0 spiro atoms. The van der Waals surface area contributed by atoms with Gasteiger partial charge in [0, 0.05) is 38.4 Å². The highest BCUT2D eigenvalue weighted by Gasteiger charge is 2.19. The molecule has 0 radical (unpaired) electrons. The fraction of sp³-hybridized carbons (Fsp3) is 0.381. The van der Waals surface area contributed by atoms with Crippen molar-refractivity contribution in [2.75, 3.05) is 38.6 Å². The van der Waals surface area contributed by atoms with Gasteiger partial charge in [0.05, 0.1) is 7.11 Å². The number of aryl methyl sites for hydroxylation is 1. The van der Waals surface area contributed by atoms with Crippen molar-refractivity contribution in [3.8, 4) is 5.75 Å². The summed E-state index contributed by atoms with van der Waals surface area (Å²) in [5.74, 6) is -0.0274. The Bertz CT molecular complexity index is 791. The van der Waals surface area contributed by atoms with Crippen molar-refractivity contribution in [3.05, 3.63) is 59.4 Å². The Balaban J connectivity index is 1.50. The van der Waals surface area contributed by atoms with Crippen LogP contribution in [0.2, 0.25) is 0 Å². The lowest BCUT2D eigenvalue weighted by Crippen LogP contribution is -2.49. The topological polar surface area (TPSA) is 27.7 Å². The van der Waals surface area contributed by atoms with Gasteiger partial charge in [-0.2, -0.15) is 0 Å². The van der Waals surface area contributed by atoms with Gasteiger partial charge in [-0.25, -0.2) is 4.39 Å². The van der Waals surface area contributed by atoms with Crippen LogP contribution < -0.4 is 10.1 Å². The third-order valence-corrected chi connectivity index (χ3v) is 5.23. The summed E-state index contributed by atoms with van der Waals surface area (Å²) in [4.78, 5) is 4.51. The first-order valence-corrected chi connectivity index (χ1v) is 9.69. The summed E-state index contributed by atoms with van der Waals surface area (Å²) in [6.45, 7) is 6.38. The molecule has 1 fully saturated rings. The van der Waals surface area contributed by atoms with E-state index in [0.29, 0.717) is 0 Å². The highest BCUT2D eigenvalue weighted by Crippen LogP contribution is 2.19. The molecule has 1 N–H and O–H groups in total. The molecule has 3 rings (SSSR count). The zero-order chi connectivity index (χ0) is 19.2. The van der Waals surface area contributed by atoms with Gasteiger partial charge in [-0.3, -0.25) is 4.90 Å². The highest BCUT2D eigenvalue weighted by molar-refractivity contribution is 7.80. The van der Waals surface area contributed by atoms with Crippen LogP contribution in [-0.4, -0.2) is 48.2 Å². The largest absolute Gasteiger partial charge is 0.494 e. The second-order valence-corrected chi connectivity index (χ2v) is 7.10. The maximum absolute atomic E-state index is 13.9. The summed E-state index contributed by atoms with van der Waals surface area (Å²) >= 11 is 5.58. The SMILES string of the molecule is CCc1cccc(NC(=S)N2CCN(Cc3ccc(OC)c(F)c3)CC2)c1. The van der Waals surface area contributed by atoms with E-state index >= 15 is 0 Å². The maximum atomic E-state index is 13.9. The van der Waals surface area contributed by atoms with Crippen LogP contribution >= 0.6 is 12.2 Å². The highest BCUT2D eigenvalue weighted by atomic mass is 32.1. The van der Waals surface area contributed by atoms with E-state index < -0.39 is 0 Å². The van der Waals surface area contributed by atoms with Crippen LogP contribution in [-0.2, 0) is 13.0 Å². The van der Waals surface area contributed by atoms with Crippen molar-refractivity contribution in [1.29, 1.82) is 0 Å². The predicted octanol–water partition coefficient (Wildman–Crippen LogP) is 3.91. The first-order chi connectivity index (χ1) is 13.1. The summed E-state index contributed by atoms with van der Waals surface area (Å²) in [5.41, 5.74) is 3.29. The Morgan fingerprint density at radius 2 is 1.89 bits per heavy atom. The Labute approximate surface area is 165 Å². The zero-order valence-corrected chi connectivity index (χ0v) is 16.7. The smallest absolute Gasteiger partial charge is 0.173 e. The molecule has 0 saturated carbocycles. The third-order valence-electron chi connectivity index (χ3n) is 4.87. The van der Waals surface area contributed by atoms with Crippen LogP contribution in [0.5, 0.6) is 5.75 Å². The molecule has 2 aromatic rings. The minimum Gasteiger partial charge on any atom is -0.494 e. The number of nitrogens with zero attached hydrogens (tertiary/aromatic N) is 2. The second kappa shape index (κ2) is 9.15. The van der Waals surface area contributed by atoms with Gasteiger partial charge in [-0.15, -0.1) is 0 Å². The fourth-order valence-electron chi connectivity index (χ4n) is 3.25. The number of hydrogen-bond acceptors (Lipinski definition) is 3. The quantitative estimate of drug-likeness (QED) is 0.786. The number of hydrogen-bond donors (Lipinski definition) is 1. The summed E-state index contributed by atoms with van der Waals surface area (Å²) in [6, 6.07) is 13.5. The molecule has 0 aromatic heterocycles. The first-order valence-electron chi connectivity index (χ1n) is 9.28. The molecule has 0 aliphatic carbocycles. The Morgan fingerprint density at radius 1 is 1.11 bits per heavy atom. The molecule has 6 heteroatoms. The zero-order valence-electron chi connectivity index (χ0n) is 15.9. The summed E-state index contributed by atoms with van der Waals surface area (Å²) in [7, 11) is 1.48. The van der Waals surface area contributed by atoms with Crippen molar-refractivity contribution < 1.29 is 9.13 Å². The van der Waals surface area contributed by atoms with Gasteiger partial charge in [-0.1, -0.05) is 25.1 Å². The lowest BCUT2D eigenvalue weighted by atomic mass is 10.1. The molecule has 4 nitrogen and oxygen atoms in total. The van der Waals surface area contributed by atoms with E-state index in [-0.39, 0.29) is 11.6 Å². The van der Waals surface area contributed by atoms with Crippen LogP contribution in [0.15, 0.2) is 42.5 Å². The summed E-state index contributed by atoms with van der Waals surface area (Å²) in [5, 5.41) is 4.11. The molecule has 1 aliphatic heterocycles. The summed E-state index contributed by atoms with van der Waals surface area (Å²) < 4.78 is 18.8. The van der Waals surface area contributed by atoms with Gasteiger partial charge in [-0.05, 0) is 54.0 Å². The van der Waals surface area contributed by atoms with Gasteiger partial charge in [0.1, 0.15) is 0 Å². The Hall–Kier alpha value is -2.18. The van der Waals surface area contributed by atoms with Gasteiger partial charge < -0.3 is 15.0 Å². The molecular formula is C21H26FN3OS. The van der Waals surface area contributed by atoms with E-state index in [1.807, 2.05) is 12.1 Å². The van der Waals surface area contributed by atoms with Crippen LogP contribution in [0.4, 0.5) is 10.1 Å². The number of anilines is 1. The van der Waals surface area contributed by atoms with Gasteiger partial charge in [0.25, 0.3) is 0 Å².